The van der Waals surface area contributed by atoms with Crippen molar-refractivity contribution in [1.82, 2.24) is 15.3 Å². The van der Waals surface area contributed by atoms with Crippen molar-refractivity contribution in [2.24, 2.45) is 0 Å². The molecule has 2 aromatic rings. The predicted octanol–water partition coefficient (Wildman–Crippen LogP) is 1.99. The molecule has 0 unspecified atom stereocenters. The van der Waals surface area contributed by atoms with Crippen LogP contribution in [0.2, 0.25) is 5.15 Å². The van der Waals surface area contributed by atoms with Gasteiger partial charge in [-0.2, -0.15) is 4.98 Å². The van der Waals surface area contributed by atoms with Gasteiger partial charge in [0.1, 0.15) is 11.8 Å². The number of aromatic nitrogens is 2. The summed E-state index contributed by atoms with van der Waals surface area (Å²) in [5, 5.41) is 2.68. The third kappa shape index (κ3) is 4.96. The van der Waals surface area contributed by atoms with Crippen molar-refractivity contribution in [2.75, 3.05) is 12.3 Å². The van der Waals surface area contributed by atoms with Gasteiger partial charge in [-0.15, -0.1) is 0 Å². The molecular weight excluding hydrogens is 304 g/mol. The Hall–Kier alpha value is -2.78. The highest BCUT2D eigenvalue weighted by Gasteiger charge is 2.01. The van der Waals surface area contributed by atoms with Crippen molar-refractivity contribution in [3.8, 4) is 11.8 Å². The number of hydrogen-bond donors (Lipinski definition) is 2. The fraction of sp³-hybridized carbons (Fsp3) is 0.133. The van der Waals surface area contributed by atoms with E-state index in [4.69, 9.17) is 22.1 Å². The van der Waals surface area contributed by atoms with E-state index < -0.39 is 6.09 Å². The second kappa shape index (κ2) is 7.86. The first-order chi connectivity index (χ1) is 10.6. The van der Waals surface area contributed by atoms with Gasteiger partial charge < -0.3 is 15.8 Å². The summed E-state index contributed by atoms with van der Waals surface area (Å²) < 4.78 is 5.03. The fourth-order valence-corrected chi connectivity index (χ4v) is 1.67. The molecule has 0 aliphatic heterocycles. The molecule has 0 saturated carbocycles. The van der Waals surface area contributed by atoms with E-state index in [-0.39, 0.29) is 24.3 Å². The minimum Gasteiger partial charge on any atom is -0.445 e. The summed E-state index contributed by atoms with van der Waals surface area (Å²) in [5.41, 5.74) is 6.73. The number of nitrogens with one attached hydrogen (secondary N) is 1. The zero-order valence-electron chi connectivity index (χ0n) is 11.5. The van der Waals surface area contributed by atoms with Gasteiger partial charge in [-0.1, -0.05) is 53.8 Å². The molecule has 1 aromatic carbocycles. The largest absolute Gasteiger partial charge is 0.445 e. The van der Waals surface area contributed by atoms with Crippen molar-refractivity contribution in [1.29, 1.82) is 0 Å². The van der Waals surface area contributed by atoms with Crippen LogP contribution in [0.25, 0.3) is 0 Å². The number of carbonyl (C=O) groups is 1. The Balaban J connectivity index is 1.76. The quantitative estimate of drug-likeness (QED) is 0.667. The fourth-order valence-electron chi connectivity index (χ4n) is 1.49. The average Bonchev–Trinajstić information content (AvgIpc) is 2.52. The highest BCUT2D eigenvalue weighted by atomic mass is 35.5. The molecule has 1 heterocycles. The first-order valence-corrected chi connectivity index (χ1v) is 6.74. The zero-order valence-corrected chi connectivity index (χ0v) is 12.3. The summed E-state index contributed by atoms with van der Waals surface area (Å²) in [7, 11) is 0. The molecule has 1 amide bonds. The third-order valence-corrected chi connectivity index (χ3v) is 2.81. The van der Waals surface area contributed by atoms with Crippen LogP contribution in [-0.2, 0) is 11.3 Å². The van der Waals surface area contributed by atoms with Crippen molar-refractivity contribution >= 4 is 23.6 Å². The summed E-state index contributed by atoms with van der Waals surface area (Å²) in [6.07, 6.45) is 0.878. The molecule has 0 spiro atoms. The Kier molecular flexibility index (Phi) is 5.57. The van der Waals surface area contributed by atoms with Crippen LogP contribution in [0.3, 0.4) is 0 Å². The molecule has 0 bridgehead atoms. The third-order valence-electron chi connectivity index (χ3n) is 2.52. The maximum absolute atomic E-state index is 11.5. The van der Waals surface area contributed by atoms with Crippen LogP contribution in [0.1, 0.15) is 11.1 Å². The van der Waals surface area contributed by atoms with Crippen molar-refractivity contribution in [3.05, 3.63) is 52.8 Å². The molecule has 6 nitrogen and oxygen atoms in total. The molecule has 112 valence electrons. The minimum atomic E-state index is -0.544. The van der Waals surface area contributed by atoms with Crippen molar-refractivity contribution in [2.45, 2.75) is 6.61 Å². The Morgan fingerprint density at radius 1 is 1.36 bits per heavy atom. The van der Waals surface area contributed by atoms with Crippen LogP contribution in [0.5, 0.6) is 0 Å². The number of hydrogen-bond acceptors (Lipinski definition) is 5. The second-order valence-corrected chi connectivity index (χ2v) is 4.51. The monoisotopic (exact) mass is 316 g/mol. The number of nitrogens with zero attached hydrogens (tertiary/aromatic N) is 2. The lowest BCUT2D eigenvalue weighted by Gasteiger charge is -2.04. The predicted molar refractivity (Wildman–Crippen MR) is 83.0 cm³/mol. The van der Waals surface area contributed by atoms with E-state index in [1.54, 1.807) is 0 Å². The smallest absolute Gasteiger partial charge is 0.408 e. The number of benzene rings is 1. The molecule has 0 aliphatic rings. The van der Waals surface area contributed by atoms with Crippen LogP contribution in [0, 0.1) is 11.8 Å². The normalized spacial score (nSPS) is 9.50. The zero-order chi connectivity index (χ0) is 15.8. The number of halogens is 1. The van der Waals surface area contributed by atoms with E-state index in [2.05, 4.69) is 27.1 Å². The van der Waals surface area contributed by atoms with Gasteiger partial charge in [0.2, 0.25) is 5.95 Å². The number of nitrogens with two attached hydrogens (primary N) is 1. The van der Waals surface area contributed by atoms with Crippen LogP contribution in [-0.4, -0.2) is 22.6 Å². The Labute approximate surface area is 132 Å². The number of amides is 1. The first kappa shape index (κ1) is 15.6. The minimum absolute atomic E-state index is 0.0816. The molecule has 7 heteroatoms. The van der Waals surface area contributed by atoms with E-state index in [1.807, 2.05) is 30.3 Å². The second-order valence-electron chi connectivity index (χ2n) is 4.15. The molecule has 3 N–H and O–H groups in total. The SMILES string of the molecule is Nc1ncc(C#CCNC(=O)OCc2ccccc2)c(Cl)n1. The molecule has 22 heavy (non-hydrogen) atoms. The molecular formula is C15H13ClN4O2. The lowest BCUT2D eigenvalue weighted by Crippen LogP contribution is -2.24. The van der Waals surface area contributed by atoms with Gasteiger partial charge in [0.05, 0.1) is 12.1 Å². The Morgan fingerprint density at radius 2 is 2.14 bits per heavy atom. The van der Waals surface area contributed by atoms with E-state index in [1.165, 1.54) is 6.20 Å². The van der Waals surface area contributed by atoms with Gasteiger partial charge in [-0.25, -0.2) is 9.78 Å². The molecule has 0 fully saturated rings. The number of nitrogen functional groups attached to an aromatic ring is 1. The molecule has 1 aromatic heterocycles. The van der Waals surface area contributed by atoms with Gasteiger partial charge in [-0.05, 0) is 5.56 Å². The molecule has 0 saturated heterocycles. The van der Waals surface area contributed by atoms with Gasteiger partial charge in [0, 0.05) is 6.20 Å². The van der Waals surface area contributed by atoms with Gasteiger partial charge >= 0.3 is 6.09 Å². The van der Waals surface area contributed by atoms with E-state index >= 15 is 0 Å². The molecule has 0 aliphatic carbocycles. The number of ether oxygens (including phenoxy) is 1. The Bertz CT molecular complexity index is 710. The standard InChI is InChI=1S/C15H13ClN4O2/c16-13-12(9-19-14(17)20-13)7-4-8-18-15(21)22-10-11-5-2-1-3-6-11/h1-3,5-6,9H,8,10H2,(H,18,21)(H2,17,19,20). The lowest BCUT2D eigenvalue weighted by atomic mass is 10.2. The topological polar surface area (TPSA) is 90.1 Å². The van der Waals surface area contributed by atoms with Crippen LogP contribution >= 0.6 is 11.6 Å². The van der Waals surface area contributed by atoms with Crippen LogP contribution in [0.15, 0.2) is 36.5 Å². The van der Waals surface area contributed by atoms with Crippen LogP contribution < -0.4 is 11.1 Å². The molecule has 2 rings (SSSR count). The van der Waals surface area contributed by atoms with Crippen molar-refractivity contribution < 1.29 is 9.53 Å². The summed E-state index contributed by atoms with van der Waals surface area (Å²) in [4.78, 5) is 19.0. The van der Waals surface area contributed by atoms with Gasteiger partial charge in [-0.3, -0.25) is 0 Å². The summed E-state index contributed by atoms with van der Waals surface area (Å²) in [6, 6.07) is 9.39. The number of anilines is 1. The maximum Gasteiger partial charge on any atom is 0.408 e. The summed E-state index contributed by atoms with van der Waals surface area (Å²) >= 11 is 5.84. The van der Waals surface area contributed by atoms with Gasteiger partial charge in [0.15, 0.2) is 0 Å². The van der Waals surface area contributed by atoms with Crippen LogP contribution in [0.4, 0.5) is 10.7 Å². The lowest BCUT2D eigenvalue weighted by molar-refractivity contribution is 0.141. The highest BCUT2D eigenvalue weighted by Crippen LogP contribution is 2.10. The number of rotatable bonds is 3. The first-order valence-electron chi connectivity index (χ1n) is 6.36. The van der Waals surface area contributed by atoms with E-state index in [9.17, 15) is 4.79 Å². The number of carbonyl (C=O) groups excluding carboxylic acids is 1. The summed E-state index contributed by atoms with van der Waals surface area (Å²) in [6.45, 7) is 0.325. The van der Waals surface area contributed by atoms with Crippen molar-refractivity contribution in [3.63, 3.8) is 0 Å². The molecule has 0 radical (unpaired) electrons. The molecule has 0 atom stereocenters. The van der Waals surface area contributed by atoms with E-state index in [0.717, 1.165) is 5.56 Å². The van der Waals surface area contributed by atoms with E-state index in [0.29, 0.717) is 5.56 Å². The highest BCUT2D eigenvalue weighted by molar-refractivity contribution is 6.30. The maximum atomic E-state index is 11.5. The summed E-state index contributed by atoms with van der Waals surface area (Å²) in [5.74, 6) is 5.54. The Morgan fingerprint density at radius 3 is 2.86 bits per heavy atom. The average molecular weight is 317 g/mol. The number of alkyl carbamates (subject to hydrolysis) is 1. The van der Waals surface area contributed by atoms with Gasteiger partial charge in [0.25, 0.3) is 0 Å².